The highest BCUT2D eigenvalue weighted by Gasteiger charge is 2.36. The molecule has 2 heterocycles. The molecule has 1 fully saturated rings. The van der Waals surface area contributed by atoms with Gasteiger partial charge in [-0.25, -0.2) is 17.9 Å². The lowest BCUT2D eigenvalue weighted by Crippen LogP contribution is -2.45. The molecular formula is C11H15NO6S2. The Hall–Kier alpha value is -1.00. The molecule has 2 rings (SSSR count). The molecule has 0 aliphatic carbocycles. The van der Waals surface area contributed by atoms with Crippen LogP contribution in [0.25, 0.3) is 0 Å². The highest BCUT2D eigenvalue weighted by atomic mass is 32.2. The van der Waals surface area contributed by atoms with Gasteiger partial charge in [-0.15, -0.1) is 11.3 Å². The van der Waals surface area contributed by atoms with E-state index in [0.29, 0.717) is 19.6 Å². The molecule has 7 nitrogen and oxygen atoms in total. The first-order valence-corrected chi connectivity index (χ1v) is 8.20. The molecule has 0 bridgehead atoms. The third kappa shape index (κ3) is 3.01. The van der Waals surface area contributed by atoms with Crippen LogP contribution in [-0.2, 0) is 19.5 Å². The van der Waals surface area contributed by atoms with Gasteiger partial charge in [-0.2, -0.15) is 0 Å². The molecule has 1 aromatic rings. The second-order valence-electron chi connectivity index (χ2n) is 4.43. The smallest absolute Gasteiger partial charge is 0.347 e. The van der Waals surface area contributed by atoms with Gasteiger partial charge in [-0.1, -0.05) is 0 Å². The molecule has 1 aliphatic rings. The van der Waals surface area contributed by atoms with Gasteiger partial charge in [-0.3, -0.25) is 0 Å². The number of thiophene rings is 1. The van der Waals surface area contributed by atoms with E-state index < -0.39 is 21.6 Å². The van der Waals surface area contributed by atoms with E-state index in [4.69, 9.17) is 14.6 Å². The Kier molecular flexibility index (Phi) is 4.45. The molecule has 2 N–H and O–H groups in total. The highest BCUT2D eigenvalue weighted by molar-refractivity contribution is 7.89. The van der Waals surface area contributed by atoms with Gasteiger partial charge in [0.05, 0.1) is 6.61 Å². The Labute approximate surface area is 120 Å². The van der Waals surface area contributed by atoms with Crippen molar-refractivity contribution in [2.24, 2.45) is 0 Å². The van der Waals surface area contributed by atoms with E-state index >= 15 is 0 Å². The maximum atomic E-state index is 12.2. The van der Waals surface area contributed by atoms with E-state index in [1.165, 1.54) is 18.6 Å². The predicted molar refractivity (Wildman–Crippen MR) is 71.6 cm³/mol. The van der Waals surface area contributed by atoms with Gasteiger partial charge >= 0.3 is 5.97 Å². The zero-order chi connectivity index (χ0) is 14.8. The predicted octanol–water partition coefficient (Wildman–Crippen LogP) is 0.530. The fourth-order valence-electron chi connectivity index (χ4n) is 1.93. The van der Waals surface area contributed by atoms with Crippen LogP contribution in [0.2, 0.25) is 0 Å². The average Bonchev–Trinajstić information content (AvgIpc) is 3.06. The molecule has 9 heteroatoms. The van der Waals surface area contributed by atoms with Gasteiger partial charge in [0.15, 0.2) is 0 Å². The standard InChI is InChI=1S/C11H15NO6S2/c1-17-11(3-4-18-7-11)6-12-20(15,16)8-2-5-19-9(8)10(13)14/h2,5,12H,3-4,6-7H2,1H3,(H,13,14). The summed E-state index contributed by atoms with van der Waals surface area (Å²) in [4.78, 5) is 10.6. The molecule has 0 radical (unpaired) electrons. The molecule has 0 amide bonds. The van der Waals surface area contributed by atoms with Gasteiger partial charge in [0.2, 0.25) is 10.0 Å². The maximum absolute atomic E-state index is 12.2. The molecule has 1 atom stereocenters. The average molecular weight is 321 g/mol. The van der Waals surface area contributed by atoms with Gasteiger partial charge in [0.1, 0.15) is 15.4 Å². The summed E-state index contributed by atoms with van der Waals surface area (Å²) in [5.41, 5.74) is -0.688. The summed E-state index contributed by atoms with van der Waals surface area (Å²) in [6.07, 6.45) is 0.585. The van der Waals surface area contributed by atoms with Crippen LogP contribution >= 0.6 is 11.3 Å². The fraction of sp³-hybridized carbons (Fsp3) is 0.545. The Morgan fingerprint density at radius 1 is 1.65 bits per heavy atom. The third-order valence-electron chi connectivity index (χ3n) is 3.20. The number of hydrogen-bond donors (Lipinski definition) is 2. The number of carboxylic acids is 1. The van der Waals surface area contributed by atoms with Crippen molar-refractivity contribution >= 4 is 27.3 Å². The Morgan fingerprint density at radius 3 is 2.95 bits per heavy atom. The number of nitrogens with one attached hydrogen (secondary N) is 1. The number of ether oxygens (including phenoxy) is 2. The van der Waals surface area contributed by atoms with Gasteiger partial charge in [-0.05, 0) is 11.4 Å². The summed E-state index contributed by atoms with van der Waals surface area (Å²) in [7, 11) is -2.39. The lowest BCUT2D eigenvalue weighted by Gasteiger charge is -2.25. The quantitative estimate of drug-likeness (QED) is 0.792. The van der Waals surface area contributed by atoms with Crippen molar-refractivity contribution in [3.63, 3.8) is 0 Å². The molecule has 112 valence electrons. The van der Waals surface area contributed by atoms with Crippen molar-refractivity contribution in [3.05, 3.63) is 16.3 Å². The molecule has 1 unspecified atom stereocenters. The Balaban J connectivity index is 2.15. The van der Waals surface area contributed by atoms with E-state index in [2.05, 4.69) is 4.72 Å². The number of methoxy groups -OCH3 is 1. The van der Waals surface area contributed by atoms with Gasteiger partial charge in [0, 0.05) is 26.7 Å². The van der Waals surface area contributed by atoms with Crippen LogP contribution < -0.4 is 4.72 Å². The minimum absolute atomic E-state index is 0.0424. The van der Waals surface area contributed by atoms with Gasteiger partial charge < -0.3 is 14.6 Å². The molecule has 0 aromatic carbocycles. The van der Waals surface area contributed by atoms with E-state index in [1.807, 2.05) is 0 Å². The fourth-order valence-corrected chi connectivity index (χ4v) is 4.30. The summed E-state index contributed by atoms with van der Waals surface area (Å²) in [5.74, 6) is -1.26. The van der Waals surface area contributed by atoms with Crippen LogP contribution in [-0.4, -0.2) is 52.0 Å². The topological polar surface area (TPSA) is 102 Å². The zero-order valence-corrected chi connectivity index (χ0v) is 12.4. The minimum atomic E-state index is -3.88. The largest absolute Gasteiger partial charge is 0.477 e. The van der Waals surface area contributed by atoms with Crippen LogP contribution in [0.1, 0.15) is 16.1 Å². The van der Waals surface area contributed by atoms with Crippen LogP contribution in [0.5, 0.6) is 0 Å². The molecule has 1 aliphatic heterocycles. The van der Waals surface area contributed by atoms with Crippen molar-refractivity contribution in [2.75, 3.05) is 26.9 Å². The SMILES string of the molecule is COC1(CNS(=O)(=O)c2ccsc2C(=O)O)CCOC1. The monoisotopic (exact) mass is 321 g/mol. The third-order valence-corrected chi connectivity index (χ3v) is 5.67. The summed E-state index contributed by atoms with van der Waals surface area (Å²) < 4.78 is 37.3. The van der Waals surface area contributed by atoms with Crippen molar-refractivity contribution in [1.82, 2.24) is 4.72 Å². The molecule has 1 aromatic heterocycles. The van der Waals surface area contributed by atoms with Crippen LogP contribution in [0, 0.1) is 0 Å². The van der Waals surface area contributed by atoms with Crippen molar-refractivity contribution in [1.29, 1.82) is 0 Å². The summed E-state index contributed by atoms with van der Waals surface area (Å²) >= 11 is 0.873. The number of carbonyl (C=O) groups is 1. The number of carboxylic acid groups (broad SMARTS) is 1. The zero-order valence-electron chi connectivity index (χ0n) is 10.8. The highest BCUT2D eigenvalue weighted by Crippen LogP contribution is 2.25. The normalized spacial score (nSPS) is 23.1. The number of sulfonamides is 1. The van der Waals surface area contributed by atoms with Crippen molar-refractivity contribution in [3.8, 4) is 0 Å². The molecule has 0 saturated carbocycles. The summed E-state index contributed by atoms with van der Waals surface area (Å²) in [5, 5.41) is 10.4. The number of rotatable bonds is 6. The first kappa shape index (κ1) is 15.4. The first-order valence-electron chi connectivity index (χ1n) is 5.84. The summed E-state index contributed by atoms with van der Waals surface area (Å²) in [6.45, 7) is 0.858. The maximum Gasteiger partial charge on any atom is 0.347 e. The Morgan fingerprint density at radius 2 is 2.40 bits per heavy atom. The van der Waals surface area contributed by atoms with Crippen LogP contribution in [0.3, 0.4) is 0 Å². The van der Waals surface area contributed by atoms with Crippen LogP contribution in [0.15, 0.2) is 16.3 Å². The van der Waals surface area contributed by atoms with Crippen LogP contribution in [0.4, 0.5) is 0 Å². The summed E-state index contributed by atoms with van der Waals surface area (Å²) in [6, 6.07) is 1.28. The van der Waals surface area contributed by atoms with E-state index in [1.54, 1.807) is 0 Å². The van der Waals surface area contributed by atoms with E-state index in [9.17, 15) is 13.2 Å². The minimum Gasteiger partial charge on any atom is -0.477 e. The molecule has 1 saturated heterocycles. The number of hydrogen-bond acceptors (Lipinski definition) is 6. The second-order valence-corrected chi connectivity index (χ2v) is 7.08. The van der Waals surface area contributed by atoms with Gasteiger partial charge in [0.25, 0.3) is 0 Å². The Bertz CT molecular complexity index is 588. The van der Waals surface area contributed by atoms with E-state index in [-0.39, 0.29) is 16.3 Å². The molecular weight excluding hydrogens is 306 g/mol. The molecule has 20 heavy (non-hydrogen) atoms. The second kappa shape index (κ2) is 5.78. The molecule has 0 spiro atoms. The van der Waals surface area contributed by atoms with Crippen molar-refractivity contribution in [2.45, 2.75) is 16.9 Å². The van der Waals surface area contributed by atoms with Crippen molar-refractivity contribution < 1.29 is 27.8 Å². The first-order chi connectivity index (χ1) is 9.40. The lowest BCUT2D eigenvalue weighted by atomic mass is 10.0. The van der Waals surface area contributed by atoms with E-state index in [0.717, 1.165) is 11.3 Å². The number of aromatic carboxylic acids is 1. The lowest BCUT2D eigenvalue weighted by molar-refractivity contribution is -0.0120.